The van der Waals surface area contributed by atoms with E-state index in [1.807, 2.05) is 0 Å². The fraction of sp³-hybridized carbons (Fsp3) is 0.231. The molecule has 80 valence electrons. The van der Waals surface area contributed by atoms with Crippen molar-refractivity contribution in [3.8, 4) is 0 Å². The van der Waals surface area contributed by atoms with Gasteiger partial charge in [0.25, 0.3) is 0 Å². The maximum atomic E-state index is 3.30. The van der Waals surface area contributed by atoms with Gasteiger partial charge in [-0.3, -0.25) is 6.08 Å². The second kappa shape index (κ2) is 9.30. The molecule has 2 heteroatoms. The maximum absolute atomic E-state index is 3.30. The number of allylic oxidation sites excluding steroid dienone is 8. The molecule has 0 fully saturated rings. The molecule has 2 aliphatic carbocycles. The molecule has 0 heterocycles. The van der Waals surface area contributed by atoms with Crippen LogP contribution in [0.5, 0.6) is 0 Å². The van der Waals surface area contributed by atoms with Crippen molar-refractivity contribution in [2.24, 2.45) is 0 Å². The monoisotopic (exact) mass is 291 g/mol. The van der Waals surface area contributed by atoms with E-state index >= 15 is 0 Å². The number of hydrogen-bond donors (Lipinski definition) is 0. The SMILES string of the molecule is CC1=[C-]CC=C1C1=CC=CC1.[CH3-].[CH3-].[Si]=[Zr]. The van der Waals surface area contributed by atoms with E-state index < -0.39 is 0 Å². The molecule has 0 saturated carbocycles. The minimum absolute atomic E-state index is 0. The van der Waals surface area contributed by atoms with Crippen molar-refractivity contribution in [3.63, 3.8) is 0 Å². The molecule has 0 bridgehead atoms. The molecule has 2 aliphatic rings. The molecule has 0 aromatic carbocycles. The Morgan fingerprint density at radius 3 is 2.40 bits per heavy atom. The van der Waals surface area contributed by atoms with Crippen molar-refractivity contribution < 1.29 is 23.3 Å². The van der Waals surface area contributed by atoms with Crippen molar-refractivity contribution in [2.45, 2.75) is 19.8 Å². The fourth-order valence-corrected chi connectivity index (χ4v) is 1.57. The predicted octanol–water partition coefficient (Wildman–Crippen LogP) is 3.47. The topological polar surface area (TPSA) is 0 Å². The summed E-state index contributed by atoms with van der Waals surface area (Å²) in [4.78, 5) is 0. The van der Waals surface area contributed by atoms with Crippen molar-refractivity contribution in [3.05, 3.63) is 62.0 Å². The van der Waals surface area contributed by atoms with Crippen LogP contribution in [-0.4, -0.2) is 6.88 Å². The van der Waals surface area contributed by atoms with E-state index in [1.165, 1.54) is 40.1 Å². The molecule has 2 rings (SSSR count). The molecule has 0 saturated heterocycles. The van der Waals surface area contributed by atoms with Crippen LogP contribution in [0.25, 0.3) is 0 Å². The molecule has 0 aliphatic heterocycles. The Labute approximate surface area is 111 Å². The molecular formula is C13H17SiZr-3. The average molecular weight is 293 g/mol. The summed E-state index contributed by atoms with van der Waals surface area (Å²) in [6.45, 7) is 5.20. The third kappa shape index (κ3) is 4.61. The molecule has 0 aromatic heterocycles. The first-order chi connectivity index (χ1) is 6.38. The summed E-state index contributed by atoms with van der Waals surface area (Å²) in [6, 6.07) is 0. The first kappa shape index (κ1) is 17.5. The van der Waals surface area contributed by atoms with Gasteiger partial charge in [-0.2, -0.15) is 11.6 Å². The molecule has 0 aromatic rings. The van der Waals surface area contributed by atoms with Gasteiger partial charge >= 0.3 is 30.2 Å². The van der Waals surface area contributed by atoms with Gasteiger partial charge in [0.15, 0.2) is 0 Å². The van der Waals surface area contributed by atoms with Crippen LogP contribution < -0.4 is 0 Å². The summed E-state index contributed by atoms with van der Waals surface area (Å²) in [5, 5.41) is 0. The fourth-order valence-electron chi connectivity index (χ4n) is 1.57. The summed E-state index contributed by atoms with van der Waals surface area (Å²) < 4.78 is 0. The number of hydrogen-bond acceptors (Lipinski definition) is 0. The summed E-state index contributed by atoms with van der Waals surface area (Å²) in [6.07, 6.45) is 14.2. The normalized spacial score (nSPS) is 16.1. The van der Waals surface area contributed by atoms with Gasteiger partial charge in [-0.15, -0.1) is 12.0 Å². The molecule has 0 spiro atoms. The molecule has 0 unspecified atom stereocenters. The zero-order valence-corrected chi connectivity index (χ0v) is 13.2. The van der Waals surface area contributed by atoms with Crippen LogP contribution in [0.15, 0.2) is 41.0 Å². The predicted molar refractivity (Wildman–Crippen MR) is 65.6 cm³/mol. The van der Waals surface area contributed by atoms with Crippen molar-refractivity contribution in [1.82, 2.24) is 0 Å². The first-order valence-electron chi connectivity index (χ1n) is 4.27. The van der Waals surface area contributed by atoms with Gasteiger partial charge in [-0.25, -0.2) is 5.57 Å². The average Bonchev–Trinajstić information content (AvgIpc) is 2.77. The van der Waals surface area contributed by atoms with Crippen LogP contribution in [0.4, 0.5) is 0 Å². The second-order valence-corrected chi connectivity index (χ2v) is 2.95. The quantitative estimate of drug-likeness (QED) is 0.513. The van der Waals surface area contributed by atoms with Gasteiger partial charge in [0.05, 0.1) is 0 Å². The summed E-state index contributed by atoms with van der Waals surface area (Å²) in [5.41, 5.74) is 4.18. The van der Waals surface area contributed by atoms with Gasteiger partial charge < -0.3 is 14.9 Å². The Morgan fingerprint density at radius 2 is 2.00 bits per heavy atom. The molecule has 15 heavy (non-hydrogen) atoms. The molecule has 0 nitrogen and oxygen atoms in total. The zero-order chi connectivity index (χ0) is 9.68. The first-order valence-corrected chi connectivity index (χ1v) is 8.45. The van der Waals surface area contributed by atoms with E-state index in [2.05, 4.69) is 44.2 Å². The van der Waals surface area contributed by atoms with Crippen LogP contribution in [0, 0.1) is 20.9 Å². The van der Waals surface area contributed by atoms with E-state index in [4.69, 9.17) is 0 Å². The van der Waals surface area contributed by atoms with Crippen molar-refractivity contribution >= 4 is 6.88 Å². The van der Waals surface area contributed by atoms with E-state index in [0.717, 1.165) is 12.8 Å². The Kier molecular flexibility index (Phi) is 10.8. The van der Waals surface area contributed by atoms with Crippen LogP contribution in [-0.2, 0) is 23.3 Å². The standard InChI is InChI=1S/C11H11.2CH3.Si.Zr/c1-9-5-4-8-11(9)10-6-2-3-7-10;;;;/h2-3,6,8H,4,7H2,1H3;2*1H3;;/q3*-1;;. The summed E-state index contributed by atoms with van der Waals surface area (Å²) in [5.74, 6) is 0. The molecule has 0 amide bonds. The van der Waals surface area contributed by atoms with Gasteiger partial charge in [0, 0.05) is 0 Å². The zero-order valence-electron chi connectivity index (χ0n) is 9.72. The Bertz CT molecular complexity index is 308. The summed E-state index contributed by atoms with van der Waals surface area (Å²) in [7, 11) is 0. The van der Waals surface area contributed by atoms with Crippen LogP contribution in [0.2, 0.25) is 0 Å². The van der Waals surface area contributed by atoms with Gasteiger partial charge in [0.2, 0.25) is 0 Å². The van der Waals surface area contributed by atoms with Gasteiger partial charge in [-0.05, 0) is 6.42 Å². The Balaban J connectivity index is 0. The Morgan fingerprint density at radius 1 is 1.33 bits per heavy atom. The van der Waals surface area contributed by atoms with Crippen LogP contribution >= 0.6 is 0 Å². The minimum atomic E-state index is 0. The van der Waals surface area contributed by atoms with Gasteiger partial charge in [0.1, 0.15) is 0 Å². The molecule has 2 radical (unpaired) electrons. The van der Waals surface area contributed by atoms with E-state index in [9.17, 15) is 0 Å². The molecular weight excluding hydrogens is 275 g/mol. The van der Waals surface area contributed by atoms with Gasteiger partial charge in [-0.1, -0.05) is 25.2 Å². The third-order valence-corrected chi connectivity index (χ3v) is 2.19. The van der Waals surface area contributed by atoms with Crippen molar-refractivity contribution in [1.29, 1.82) is 0 Å². The third-order valence-electron chi connectivity index (χ3n) is 2.19. The summed E-state index contributed by atoms with van der Waals surface area (Å²) >= 11 is 1.36. The van der Waals surface area contributed by atoms with Crippen molar-refractivity contribution in [2.75, 3.05) is 0 Å². The molecule has 0 N–H and O–H groups in total. The van der Waals surface area contributed by atoms with E-state index in [1.54, 1.807) is 0 Å². The van der Waals surface area contributed by atoms with E-state index in [-0.39, 0.29) is 14.9 Å². The number of rotatable bonds is 1. The molecule has 0 atom stereocenters. The Hall–Kier alpha value is 0.0600. The second-order valence-electron chi connectivity index (χ2n) is 2.95. The van der Waals surface area contributed by atoms with Crippen LogP contribution in [0.3, 0.4) is 0 Å². The van der Waals surface area contributed by atoms with E-state index in [0.29, 0.717) is 0 Å². The van der Waals surface area contributed by atoms with Crippen LogP contribution in [0.1, 0.15) is 19.8 Å².